The molecule has 0 unspecified atom stereocenters. The zero-order chi connectivity index (χ0) is 18.1. The Labute approximate surface area is 152 Å². The summed E-state index contributed by atoms with van der Waals surface area (Å²) < 4.78 is 8.47. The van der Waals surface area contributed by atoms with Crippen LogP contribution in [0.3, 0.4) is 0 Å². The zero-order valence-corrected chi connectivity index (χ0v) is 16.6. The van der Waals surface area contributed by atoms with E-state index < -0.39 is 0 Å². The van der Waals surface area contributed by atoms with Crippen LogP contribution >= 0.6 is 0 Å². The molecule has 3 rings (SSSR count). The first-order valence-corrected chi connectivity index (χ1v) is 9.72. The van der Waals surface area contributed by atoms with Gasteiger partial charge in [-0.15, -0.1) is 0 Å². The second kappa shape index (κ2) is 7.33. The van der Waals surface area contributed by atoms with Crippen molar-refractivity contribution in [1.29, 1.82) is 0 Å². The van der Waals surface area contributed by atoms with Gasteiger partial charge in [0, 0.05) is 13.1 Å². The molecule has 1 N–H and O–H groups in total. The Morgan fingerprint density at radius 2 is 2.04 bits per heavy atom. The van der Waals surface area contributed by atoms with E-state index >= 15 is 0 Å². The molecule has 6 heteroatoms. The van der Waals surface area contributed by atoms with Gasteiger partial charge in [-0.2, -0.15) is 5.10 Å². The molecular formula is C19H35N5O. The number of likely N-dealkylation sites (N-methyl/N-ethyl adjacent to an activating group) is 2. The van der Waals surface area contributed by atoms with Gasteiger partial charge in [-0.3, -0.25) is 4.90 Å². The molecule has 0 aromatic carbocycles. The van der Waals surface area contributed by atoms with E-state index in [0.29, 0.717) is 11.5 Å². The largest absolute Gasteiger partial charge is 0.374 e. The van der Waals surface area contributed by atoms with Crippen LogP contribution in [0.5, 0.6) is 0 Å². The molecule has 6 nitrogen and oxygen atoms in total. The van der Waals surface area contributed by atoms with E-state index in [-0.39, 0.29) is 5.60 Å². The third-order valence-corrected chi connectivity index (χ3v) is 5.74. The number of ether oxygens (including phenoxy) is 1. The van der Waals surface area contributed by atoms with E-state index in [4.69, 9.17) is 14.8 Å². The molecule has 0 radical (unpaired) electrons. The third-order valence-electron chi connectivity index (χ3n) is 5.74. The van der Waals surface area contributed by atoms with E-state index in [1.807, 2.05) is 14.0 Å². The Kier molecular flexibility index (Phi) is 5.51. The van der Waals surface area contributed by atoms with Gasteiger partial charge >= 0.3 is 0 Å². The average Bonchev–Trinajstić information content (AvgIpc) is 3.06. The Bertz CT molecular complexity index is 574. The minimum absolute atomic E-state index is 0.124. The lowest BCUT2D eigenvalue weighted by Crippen LogP contribution is -2.36. The van der Waals surface area contributed by atoms with Crippen LogP contribution in [0.4, 0.5) is 0 Å². The van der Waals surface area contributed by atoms with Gasteiger partial charge in [-0.1, -0.05) is 13.8 Å². The molecular weight excluding hydrogens is 314 g/mol. The maximum atomic E-state index is 6.26. The molecule has 1 aliphatic heterocycles. The van der Waals surface area contributed by atoms with Crippen LogP contribution in [-0.2, 0) is 11.3 Å². The normalized spacial score (nSPS) is 29.0. The summed E-state index contributed by atoms with van der Waals surface area (Å²) in [6.45, 7) is 10.4. The van der Waals surface area contributed by atoms with Gasteiger partial charge in [-0.05, 0) is 58.5 Å². The second-order valence-corrected chi connectivity index (χ2v) is 8.91. The minimum Gasteiger partial charge on any atom is -0.374 e. The number of rotatable bonds is 6. The molecule has 0 amide bonds. The summed E-state index contributed by atoms with van der Waals surface area (Å²) in [4.78, 5) is 7.01. The van der Waals surface area contributed by atoms with Gasteiger partial charge in [0.1, 0.15) is 11.6 Å². The van der Waals surface area contributed by atoms with Crippen molar-refractivity contribution in [1.82, 2.24) is 25.0 Å². The van der Waals surface area contributed by atoms with Gasteiger partial charge in [0.15, 0.2) is 0 Å². The molecule has 2 fully saturated rings. The Hall–Kier alpha value is -0.980. The number of aryl methyl sites for hydroxylation is 1. The number of nitrogens with one attached hydrogen (secondary N) is 1. The molecule has 0 atom stereocenters. The molecule has 1 aromatic heterocycles. The lowest BCUT2D eigenvalue weighted by Gasteiger charge is -2.37. The summed E-state index contributed by atoms with van der Waals surface area (Å²) in [5.74, 6) is 1.99. The molecule has 1 spiro atoms. The van der Waals surface area contributed by atoms with Crippen molar-refractivity contribution in [3.05, 3.63) is 11.6 Å². The predicted octanol–water partition coefficient (Wildman–Crippen LogP) is 2.54. The number of aromatic nitrogens is 3. The first kappa shape index (κ1) is 18.8. The van der Waals surface area contributed by atoms with Crippen molar-refractivity contribution in [2.75, 3.05) is 33.8 Å². The highest BCUT2D eigenvalue weighted by Gasteiger charge is 2.46. The third kappa shape index (κ3) is 4.41. The maximum Gasteiger partial charge on any atom is 0.147 e. The Morgan fingerprint density at radius 1 is 1.32 bits per heavy atom. The van der Waals surface area contributed by atoms with Gasteiger partial charge in [0.05, 0.1) is 24.8 Å². The van der Waals surface area contributed by atoms with Gasteiger partial charge in [0.2, 0.25) is 0 Å². The van der Waals surface area contributed by atoms with Crippen molar-refractivity contribution in [3.63, 3.8) is 0 Å². The van der Waals surface area contributed by atoms with Crippen molar-refractivity contribution in [2.45, 2.75) is 71.1 Å². The predicted molar refractivity (Wildman–Crippen MR) is 99.6 cm³/mol. The summed E-state index contributed by atoms with van der Waals surface area (Å²) in [5, 5.41) is 7.94. The summed E-state index contributed by atoms with van der Waals surface area (Å²) >= 11 is 0. The highest BCUT2D eigenvalue weighted by Crippen LogP contribution is 2.48. The standard InChI is InChI=1S/C19H35N5O/c1-15-21-17(12-23(5)11-10-20-4)24(22-15)16-6-8-19(9-7-16)13-18(2,3)14-25-19/h16,20H,6-14H2,1-5H3/t16-,19+. The van der Waals surface area contributed by atoms with Crippen LogP contribution in [0.15, 0.2) is 0 Å². The van der Waals surface area contributed by atoms with E-state index in [0.717, 1.165) is 63.6 Å². The van der Waals surface area contributed by atoms with Gasteiger partial charge < -0.3 is 10.1 Å². The maximum absolute atomic E-state index is 6.26. The second-order valence-electron chi connectivity index (χ2n) is 8.91. The molecule has 2 heterocycles. The number of hydrogen-bond acceptors (Lipinski definition) is 5. The first-order valence-electron chi connectivity index (χ1n) is 9.72. The lowest BCUT2D eigenvalue weighted by atomic mass is 9.75. The average molecular weight is 350 g/mol. The Morgan fingerprint density at radius 3 is 2.64 bits per heavy atom. The summed E-state index contributed by atoms with van der Waals surface area (Å²) in [5.41, 5.74) is 0.456. The molecule has 0 bridgehead atoms. The summed E-state index contributed by atoms with van der Waals surface area (Å²) in [7, 11) is 4.14. The van der Waals surface area contributed by atoms with E-state index in [2.05, 4.69) is 35.8 Å². The van der Waals surface area contributed by atoms with Crippen LogP contribution in [0.2, 0.25) is 0 Å². The van der Waals surface area contributed by atoms with Crippen molar-refractivity contribution < 1.29 is 4.74 Å². The fraction of sp³-hybridized carbons (Fsp3) is 0.895. The topological polar surface area (TPSA) is 55.2 Å². The van der Waals surface area contributed by atoms with Crippen molar-refractivity contribution >= 4 is 0 Å². The van der Waals surface area contributed by atoms with Gasteiger partial charge in [-0.25, -0.2) is 9.67 Å². The van der Waals surface area contributed by atoms with Crippen LogP contribution in [0.25, 0.3) is 0 Å². The van der Waals surface area contributed by atoms with Crippen LogP contribution in [0.1, 0.15) is 63.6 Å². The van der Waals surface area contributed by atoms with E-state index in [1.165, 1.54) is 6.42 Å². The monoisotopic (exact) mass is 349 g/mol. The lowest BCUT2D eigenvalue weighted by molar-refractivity contribution is -0.0355. The first-order chi connectivity index (χ1) is 11.8. The van der Waals surface area contributed by atoms with Crippen LogP contribution in [-0.4, -0.2) is 59.1 Å². The summed E-state index contributed by atoms with van der Waals surface area (Å²) in [6, 6.07) is 0.465. The van der Waals surface area contributed by atoms with Crippen molar-refractivity contribution in [2.24, 2.45) is 5.41 Å². The number of hydrogen-bond donors (Lipinski definition) is 1. The molecule has 1 saturated heterocycles. The quantitative estimate of drug-likeness (QED) is 0.855. The molecule has 2 aliphatic rings. The Balaban J connectivity index is 1.63. The van der Waals surface area contributed by atoms with E-state index in [1.54, 1.807) is 0 Å². The molecule has 142 valence electrons. The zero-order valence-electron chi connectivity index (χ0n) is 16.6. The smallest absolute Gasteiger partial charge is 0.147 e. The minimum atomic E-state index is 0.124. The van der Waals surface area contributed by atoms with Crippen molar-refractivity contribution in [3.8, 4) is 0 Å². The van der Waals surface area contributed by atoms with E-state index in [9.17, 15) is 0 Å². The highest BCUT2D eigenvalue weighted by molar-refractivity contribution is 5.00. The SMILES string of the molecule is CNCCN(C)Cc1nc(C)nn1[C@H]1CC[C@@]2(CC1)CC(C)(C)CO2. The summed E-state index contributed by atoms with van der Waals surface area (Å²) in [6.07, 6.45) is 5.78. The van der Waals surface area contributed by atoms with Crippen LogP contribution < -0.4 is 5.32 Å². The molecule has 1 aromatic rings. The fourth-order valence-corrected chi connectivity index (χ4v) is 4.51. The molecule has 1 aliphatic carbocycles. The molecule has 25 heavy (non-hydrogen) atoms. The highest BCUT2D eigenvalue weighted by atomic mass is 16.5. The van der Waals surface area contributed by atoms with Crippen LogP contribution in [0, 0.1) is 12.3 Å². The molecule has 1 saturated carbocycles. The van der Waals surface area contributed by atoms with Gasteiger partial charge in [0.25, 0.3) is 0 Å². The fourth-order valence-electron chi connectivity index (χ4n) is 4.51. The number of nitrogens with zero attached hydrogens (tertiary/aromatic N) is 4.